The van der Waals surface area contributed by atoms with Gasteiger partial charge < -0.3 is 20.1 Å². The van der Waals surface area contributed by atoms with Crippen LogP contribution in [-0.2, 0) is 22.7 Å². The molecule has 6 nitrogen and oxygen atoms in total. The molecule has 0 fully saturated rings. The second-order valence-electron chi connectivity index (χ2n) is 5.50. The second kappa shape index (κ2) is 11.0. The number of benzene rings is 2. The number of hydrogen-bond donors (Lipinski definition) is 2. The van der Waals surface area contributed by atoms with Crippen molar-refractivity contribution in [3.63, 3.8) is 0 Å². The van der Waals surface area contributed by atoms with E-state index in [1.807, 2.05) is 60.7 Å². The number of ether oxygens (including phenoxy) is 2. The molecule has 2 aromatic rings. The number of nitrogens with one attached hydrogen (secondary N) is 2. The number of hydrogen-bond acceptors (Lipinski definition) is 4. The molecule has 2 rings (SSSR count). The molecular weight excluding hydrogens is 356 g/mol. The molecule has 0 aliphatic rings. The van der Waals surface area contributed by atoms with Gasteiger partial charge in [0.15, 0.2) is 0 Å². The van der Waals surface area contributed by atoms with Crippen molar-refractivity contribution in [1.29, 1.82) is 0 Å². The predicted molar refractivity (Wildman–Crippen MR) is 98.9 cm³/mol. The smallest absolute Gasteiger partial charge is 0.407 e. The van der Waals surface area contributed by atoms with E-state index in [2.05, 4.69) is 10.6 Å². The fourth-order valence-corrected chi connectivity index (χ4v) is 2.24. The van der Waals surface area contributed by atoms with Crippen LogP contribution in [0.25, 0.3) is 0 Å². The van der Waals surface area contributed by atoms with Gasteiger partial charge in [-0.25, -0.2) is 9.59 Å². The Morgan fingerprint density at radius 2 is 1.35 bits per heavy atom. The number of carbonyl (C=O) groups excluding carboxylic acids is 2. The number of alkyl carbamates (subject to hydrolysis) is 2. The maximum Gasteiger partial charge on any atom is 0.407 e. The van der Waals surface area contributed by atoms with Gasteiger partial charge in [0.2, 0.25) is 0 Å². The third-order valence-electron chi connectivity index (χ3n) is 3.43. The molecule has 0 saturated carbocycles. The van der Waals surface area contributed by atoms with Gasteiger partial charge in [0.25, 0.3) is 0 Å². The number of carbonyl (C=O) groups is 2. The minimum atomic E-state index is -0.598. The third kappa shape index (κ3) is 7.44. The average Bonchev–Trinajstić information content (AvgIpc) is 2.69. The third-order valence-corrected chi connectivity index (χ3v) is 3.80. The highest BCUT2D eigenvalue weighted by Gasteiger charge is 2.14. The molecule has 2 amide bonds. The summed E-state index contributed by atoms with van der Waals surface area (Å²) >= 11 is 5.82. The first-order valence-corrected chi connectivity index (χ1v) is 8.68. The Labute approximate surface area is 157 Å². The highest BCUT2D eigenvalue weighted by atomic mass is 35.5. The number of amides is 2. The summed E-state index contributed by atoms with van der Waals surface area (Å²) in [6.07, 6.45) is -1.18. The topological polar surface area (TPSA) is 76.7 Å². The molecule has 0 aliphatic heterocycles. The Morgan fingerprint density at radius 3 is 1.85 bits per heavy atom. The summed E-state index contributed by atoms with van der Waals surface area (Å²) in [7, 11) is 0. The van der Waals surface area contributed by atoms with E-state index in [1.165, 1.54) is 0 Å². The van der Waals surface area contributed by atoms with Gasteiger partial charge in [-0.3, -0.25) is 0 Å². The Hall–Kier alpha value is -2.73. The summed E-state index contributed by atoms with van der Waals surface area (Å²) in [5.41, 5.74) is 1.77. The van der Waals surface area contributed by atoms with Crippen LogP contribution in [0.3, 0.4) is 0 Å². The van der Waals surface area contributed by atoms with Crippen molar-refractivity contribution >= 4 is 23.8 Å². The van der Waals surface area contributed by atoms with Crippen molar-refractivity contribution < 1.29 is 19.1 Å². The normalized spacial score (nSPS) is 11.3. The first kappa shape index (κ1) is 19.6. The predicted octanol–water partition coefficient (Wildman–Crippen LogP) is 3.45. The quantitative estimate of drug-likeness (QED) is 0.692. The summed E-state index contributed by atoms with van der Waals surface area (Å²) < 4.78 is 10.2. The van der Waals surface area contributed by atoms with Crippen LogP contribution in [0.1, 0.15) is 11.1 Å². The fourth-order valence-electron chi connectivity index (χ4n) is 2.06. The first-order valence-electron chi connectivity index (χ1n) is 8.15. The Morgan fingerprint density at radius 1 is 0.846 bits per heavy atom. The zero-order valence-electron chi connectivity index (χ0n) is 14.2. The molecule has 2 aromatic carbocycles. The van der Waals surface area contributed by atoms with Crippen molar-refractivity contribution in [1.82, 2.24) is 10.6 Å². The molecular formula is C19H21ClN2O4. The first-order chi connectivity index (χ1) is 12.7. The summed E-state index contributed by atoms with van der Waals surface area (Å²) in [4.78, 5) is 23.5. The van der Waals surface area contributed by atoms with Gasteiger partial charge in [-0.1, -0.05) is 60.7 Å². The van der Waals surface area contributed by atoms with E-state index < -0.39 is 18.2 Å². The van der Waals surface area contributed by atoms with E-state index >= 15 is 0 Å². The number of halogens is 1. The minimum Gasteiger partial charge on any atom is -0.445 e. The van der Waals surface area contributed by atoms with E-state index in [0.29, 0.717) is 0 Å². The summed E-state index contributed by atoms with van der Waals surface area (Å²) in [5.74, 6) is 0.124. The molecule has 26 heavy (non-hydrogen) atoms. The van der Waals surface area contributed by atoms with Gasteiger partial charge in [0, 0.05) is 12.4 Å². The zero-order chi connectivity index (χ0) is 18.6. The molecule has 0 saturated heterocycles. The van der Waals surface area contributed by atoms with E-state index in [1.54, 1.807) is 0 Å². The highest BCUT2D eigenvalue weighted by molar-refractivity contribution is 6.18. The van der Waals surface area contributed by atoms with Gasteiger partial charge in [-0.2, -0.15) is 0 Å². The van der Waals surface area contributed by atoms with Crippen LogP contribution >= 0.6 is 11.6 Å². The van der Waals surface area contributed by atoms with E-state index in [0.717, 1.165) is 11.1 Å². The Bertz CT molecular complexity index is 682. The zero-order valence-corrected chi connectivity index (χ0v) is 14.9. The lowest BCUT2D eigenvalue weighted by atomic mass is 10.2. The van der Waals surface area contributed by atoms with Crippen LogP contribution in [0.15, 0.2) is 60.7 Å². The average molecular weight is 377 g/mol. The Balaban J connectivity index is 1.66. The largest absolute Gasteiger partial charge is 0.445 e. The molecule has 0 heterocycles. The number of rotatable bonds is 8. The summed E-state index contributed by atoms with van der Waals surface area (Å²) in [6, 6.07) is 18.2. The molecule has 2 N–H and O–H groups in total. The molecule has 0 spiro atoms. The van der Waals surface area contributed by atoms with Crippen molar-refractivity contribution in [3.05, 3.63) is 71.8 Å². The molecule has 0 aliphatic carbocycles. The molecule has 0 bridgehead atoms. The van der Waals surface area contributed by atoms with Gasteiger partial charge >= 0.3 is 12.2 Å². The molecule has 138 valence electrons. The van der Waals surface area contributed by atoms with E-state index in [-0.39, 0.29) is 25.6 Å². The highest BCUT2D eigenvalue weighted by Crippen LogP contribution is 2.02. The fraction of sp³-hybridized carbons (Fsp3) is 0.263. The van der Waals surface area contributed by atoms with Crippen molar-refractivity contribution in [2.75, 3.05) is 12.4 Å². The summed E-state index contributed by atoms with van der Waals surface area (Å²) in [6.45, 7) is 0.469. The van der Waals surface area contributed by atoms with E-state index in [9.17, 15) is 9.59 Å². The SMILES string of the molecule is O=C(NCC(CCl)NC(=O)OCc1ccccc1)OCc1ccccc1. The van der Waals surface area contributed by atoms with Gasteiger partial charge in [-0.15, -0.1) is 11.6 Å². The monoisotopic (exact) mass is 376 g/mol. The second-order valence-corrected chi connectivity index (χ2v) is 5.81. The number of alkyl halides is 1. The lowest BCUT2D eigenvalue weighted by molar-refractivity contribution is 0.131. The molecule has 0 aromatic heterocycles. The Kier molecular flexibility index (Phi) is 8.29. The lowest BCUT2D eigenvalue weighted by Gasteiger charge is -2.16. The minimum absolute atomic E-state index is 0.124. The van der Waals surface area contributed by atoms with Gasteiger partial charge in [0.1, 0.15) is 13.2 Å². The van der Waals surface area contributed by atoms with Crippen LogP contribution in [0.2, 0.25) is 0 Å². The maximum atomic E-state index is 11.8. The van der Waals surface area contributed by atoms with Gasteiger partial charge in [-0.05, 0) is 11.1 Å². The van der Waals surface area contributed by atoms with Crippen molar-refractivity contribution in [2.45, 2.75) is 19.3 Å². The van der Waals surface area contributed by atoms with Crippen molar-refractivity contribution in [3.8, 4) is 0 Å². The van der Waals surface area contributed by atoms with Crippen molar-refractivity contribution in [2.24, 2.45) is 0 Å². The standard InChI is InChI=1S/C19H21ClN2O4/c20-11-17(22-19(24)26-14-16-9-5-2-6-10-16)12-21-18(23)25-13-15-7-3-1-4-8-15/h1-10,17H,11-14H2,(H,21,23)(H,22,24). The van der Waals surface area contributed by atoms with Crippen LogP contribution in [0, 0.1) is 0 Å². The lowest BCUT2D eigenvalue weighted by Crippen LogP contribution is -2.45. The molecule has 0 radical (unpaired) electrons. The molecule has 1 atom stereocenters. The molecule has 7 heteroatoms. The van der Waals surface area contributed by atoms with Crippen LogP contribution in [0.5, 0.6) is 0 Å². The van der Waals surface area contributed by atoms with Crippen LogP contribution < -0.4 is 10.6 Å². The van der Waals surface area contributed by atoms with E-state index in [4.69, 9.17) is 21.1 Å². The van der Waals surface area contributed by atoms with Crippen LogP contribution in [0.4, 0.5) is 9.59 Å². The maximum absolute atomic E-state index is 11.8. The molecule has 1 unspecified atom stereocenters. The van der Waals surface area contributed by atoms with Gasteiger partial charge in [0.05, 0.1) is 6.04 Å². The summed E-state index contributed by atoms with van der Waals surface area (Å²) in [5, 5.41) is 5.17. The van der Waals surface area contributed by atoms with Crippen LogP contribution in [-0.4, -0.2) is 30.7 Å².